The highest BCUT2D eigenvalue weighted by atomic mass is 15.2. The summed E-state index contributed by atoms with van der Waals surface area (Å²) >= 11 is 0. The van der Waals surface area contributed by atoms with Crippen molar-refractivity contribution in [2.45, 2.75) is 69.9 Å². The second-order valence-electron chi connectivity index (χ2n) is 18.5. The lowest BCUT2D eigenvalue weighted by Gasteiger charge is -2.49. The summed E-state index contributed by atoms with van der Waals surface area (Å²) in [6.07, 6.45) is 23.8. The van der Waals surface area contributed by atoms with Crippen LogP contribution in [-0.2, 0) is 10.8 Å². The number of allylic oxidation sites excluding steroid dienone is 11. The molecule has 3 N–H and O–H groups in total. The Labute approximate surface area is 361 Å². The average molecular weight is 792 g/mol. The van der Waals surface area contributed by atoms with E-state index in [0.29, 0.717) is 5.92 Å². The van der Waals surface area contributed by atoms with Gasteiger partial charge in [-0.25, -0.2) is 0 Å². The maximum atomic E-state index is 7.38. The Morgan fingerprint density at radius 1 is 0.754 bits per heavy atom. The van der Waals surface area contributed by atoms with Crippen LogP contribution in [0.4, 0.5) is 11.4 Å². The highest BCUT2D eigenvalue weighted by molar-refractivity contribution is 5.92. The number of hydrogen-bond acceptors (Lipinski definition) is 3. The van der Waals surface area contributed by atoms with E-state index in [2.05, 4.69) is 221 Å². The summed E-state index contributed by atoms with van der Waals surface area (Å²) in [5, 5.41) is 3.95. The quantitative estimate of drug-likeness (QED) is 0.186. The molecule has 2 heterocycles. The SMILES string of the molecule is C/C=C\C=C1\c2ccccc2C2(C)C(=CC=C3C2c2cc4c(cc2N3c2ccc(C3=CC(c5ccccc5)=CC(C5=CC=CC(C)C5)N3)cc2)C(C)(C)c2ccccc2-4)C1N. The molecule has 5 aromatic carbocycles. The summed E-state index contributed by atoms with van der Waals surface area (Å²) < 4.78 is 0. The zero-order chi connectivity index (χ0) is 41.6. The summed E-state index contributed by atoms with van der Waals surface area (Å²) in [4.78, 5) is 2.56. The number of dihydropyridines is 1. The minimum atomic E-state index is -0.370. The molecule has 61 heavy (non-hydrogen) atoms. The van der Waals surface area contributed by atoms with Crippen LogP contribution in [0.25, 0.3) is 28.0 Å². The number of nitrogens with one attached hydrogen (secondary N) is 1. The van der Waals surface area contributed by atoms with Crippen LogP contribution in [0.15, 0.2) is 193 Å². The van der Waals surface area contributed by atoms with Crippen LogP contribution in [-0.4, -0.2) is 12.1 Å². The fourth-order valence-corrected chi connectivity index (χ4v) is 11.5. The molecule has 6 aliphatic rings. The Morgan fingerprint density at radius 2 is 1.49 bits per heavy atom. The average Bonchev–Trinajstić information content (AvgIpc) is 3.74. The molecule has 4 aliphatic carbocycles. The molecule has 5 aromatic rings. The molecule has 0 saturated carbocycles. The summed E-state index contributed by atoms with van der Waals surface area (Å²) in [6, 6.07) is 43.1. The van der Waals surface area contributed by atoms with E-state index in [1.807, 2.05) is 0 Å². The molecular weight excluding hydrogens is 739 g/mol. The second kappa shape index (κ2) is 14.1. The van der Waals surface area contributed by atoms with Crippen LogP contribution in [0.1, 0.15) is 85.9 Å². The summed E-state index contributed by atoms with van der Waals surface area (Å²) in [5.74, 6) is 0.579. The highest BCUT2D eigenvalue weighted by Gasteiger charge is 2.55. The van der Waals surface area contributed by atoms with E-state index >= 15 is 0 Å². The van der Waals surface area contributed by atoms with Gasteiger partial charge in [-0.15, -0.1) is 0 Å². The zero-order valence-electron chi connectivity index (χ0n) is 35.8. The van der Waals surface area contributed by atoms with Gasteiger partial charge in [0.25, 0.3) is 0 Å². The molecule has 0 radical (unpaired) electrons. The van der Waals surface area contributed by atoms with E-state index in [4.69, 9.17) is 5.73 Å². The number of rotatable bonds is 5. The van der Waals surface area contributed by atoms with Crippen molar-refractivity contribution in [2.24, 2.45) is 11.7 Å². The lowest BCUT2D eigenvalue weighted by atomic mass is 9.55. The minimum absolute atomic E-state index is 0.0565. The van der Waals surface area contributed by atoms with E-state index in [1.54, 1.807) is 0 Å². The lowest BCUT2D eigenvalue weighted by Crippen LogP contribution is -2.47. The van der Waals surface area contributed by atoms with Crippen molar-refractivity contribution in [3.63, 3.8) is 0 Å². The Bertz CT molecular complexity index is 2890. The lowest BCUT2D eigenvalue weighted by molar-refractivity contribution is 0.454. The summed E-state index contributed by atoms with van der Waals surface area (Å²) in [6.45, 7) is 11.6. The number of benzene rings is 5. The monoisotopic (exact) mass is 791 g/mol. The summed E-state index contributed by atoms with van der Waals surface area (Å²) in [7, 11) is 0. The first-order valence-electron chi connectivity index (χ1n) is 22.1. The van der Waals surface area contributed by atoms with Gasteiger partial charge in [0.2, 0.25) is 0 Å². The van der Waals surface area contributed by atoms with Crippen molar-refractivity contribution in [2.75, 3.05) is 4.90 Å². The molecule has 0 aromatic heterocycles. The van der Waals surface area contributed by atoms with Crippen LogP contribution < -0.4 is 16.0 Å². The van der Waals surface area contributed by atoms with Gasteiger partial charge in [0.1, 0.15) is 0 Å². The molecule has 0 bridgehead atoms. The highest BCUT2D eigenvalue weighted by Crippen LogP contribution is 2.64. The Hall–Kier alpha value is -6.42. The first kappa shape index (κ1) is 37.6. The van der Waals surface area contributed by atoms with Crippen molar-refractivity contribution >= 4 is 28.2 Å². The largest absolute Gasteiger partial charge is 0.375 e. The third kappa shape index (κ3) is 5.67. The van der Waals surface area contributed by atoms with E-state index in [-0.39, 0.29) is 28.8 Å². The number of hydrogen-bond donors (Lipinski definition) is 2. The smallest absolute Gasteiger partial charge is 0.0670 e. The van der Waals surface area contributed by atoms with Crippen molar-refractivity contribution in [3.05, 3.63) is 232 Å². The number of fused-ring (bicyclic) bond motifs is 10. The second-order valence-corrected chi connectivity index (χ2v) is 18.5. The molecule has 2 aliphatic heterocycles. The predicted molar refractivity (Wildman–Crippen MR) is 256 cm³/mol. The van der Waals surface area contributed by atoms with E-state index in [1.165, 1.54) is 83.7 Å². The maximum absolute atomic E-state index is 7.38. The first-order valence-corrected chi connectivity index (χ1v) is 22.1. The molecule has 300 valence electrons. The molecule has 5 unspecified atom stereocenters. The molecular formula is C58H53N3. The van der Waals surface area contributed by atoms with Gasteiger partial charge in [0, 0.05) is 33.8 Å². The van der Waals surface area contributed by atoms with Crippen LogP contribution >= 0.6 is 0 Å². The molecule has 0 saturated heterocycles. The first-order chi connectivity index (χ1) is 29.7. The number of anilines is 2. The van der Waals surface area contributed by atoms with Gasteiger partial charge in [-0.1, -0.05) is 167 Å². The Morgan fingerprint density at radius 3 is 2.26 bits per heavy atom. The third-order valence-electron chi connectivity index (χ3n) is 14.6. The van der Waals surface area contributed by atoms with Crippen LogP contribution in [0.3, 0.4) is 0 Å². The van der Waals surface area contributed by atoms with Gasteiger partial charge in [-0.2, -0.15) is 0 Å². The zero-order valence-corrected chi connectivity index (χ0v) is 35.8. The van der Waals surface area contributed by atoms with Gasteiger partial charge < -0.3 is 16.0 Å². The normalized spacial score (nSPS) is 25.8. The standard InChI is InChI=1S/C58H53N3/c1-6-7-20-44-42-21-12-14-24-48(42)58(5)49(56(44)59)29-30-53-55(58)46-34-45-43-22-11-13-23-47(43)57(3,4)50(45)35-54(46)61(53)41-27-25-38(26-28-41)51-32-40(37-17-9-8-10-18-37)33-52(60-51)39-19-15-16-36(2)31-39/h6-30,32-36,52,55-56,60H,31,59H2,1-5H3/b7-6-,44-20-. The van der Waals surface area contributed by atoms with Gasteiger partial charge in [-0.05, 0) is 128 Å². The minimum Gasteiger partial charge on any atom is -0.375 e. The van der Waals surface area contributed by atoms with Crippen molar-refractivity contribution in [3.8, 4) is 11.1 Å². The fourth-order valence-electron chi connectivity index (χ4n) is 11.5. The van der Waals surface area contributed by atoms with Crippen LogP contribution in [0, 0.1) is 5.92 Å². The van der Waals surface area contributed by atoms with Crippen molar-refractivity contribution < 1.29 is 0 Å². The van der Waals surface area contributed by atoms with Crippen LogP contribution in [0.5, 0.6) is 0 Å². The van der Waals surface area contributed by atoms with E-state index < -0.39 is 0 Å². The van der Waals surface area contributed by atoms with Gasteiger partial charge in [0.05, 0.1) is 17.8 Å². The topological polar surface area (TPSA) is 41.3 Å². The third-order valence-corrected chi connectivity index (χ3v) is 14.6. The molecule has 3 heteroatoms. The fraction of sp³-hybridized carbons (Fsp3) is 0.207. The molecule has 0 amide bonds. The molecule has 0 fully saturated rings. The number of nitrogens with two attached hydrogens (primary N) is 1. The summed E-state index contributed by atoms with van der Waals surface area (Å²) in [5.41, 5.74) is 28.7. The maximum Gasteiger partial charge on any atom is 0.0670 e. The van der Waals surface area contributed by atoms with Crippen molar-refractivity contribution in [1.29, 1.82) is 0 Å². The molecule has 3 nitrogen and oxygen atoms in total. The van der Waals surface area contributed by atoms with E-state index in [0.717, 1.165) is 17.8 Å². The Kier molecular flexibility index (Phi) is 8.67. The van der Waals surface area contributed by atoms with Gasteiger partial charge >= 0.3 is 0 Å². The van der Waals surface area contributed by atoms with Crippen LogP contribution in [0.2, 0.25) is 0 Å². The number of nitrogens with zero attached hydrogens (tertiary/aromatic N) is 1. The van der Waals surface area contributed by atoms with Crippen molar-refractivity contribution in [1.82, 2.24) is 5.32 Å². The molecule has 5 atom stereocenters. The van der Waals surface area contributed by atoms with Gasteiger partial charge in [0.15, 0.2) is 0 Å². The molecule has 11 rings (SSSR count). The molecule has 0 spiro atoms. The predicted octanol–water partition coefficient (Wildman–Crippen LogP) is 13.2. The van der Waals surface area contributed by atoms with E-state index in [9.17, 15) is 0 Å². The van der Waals surface area contributed by atoms with Gasteiger partial charge in [-0.3, -0.25) is 0 Å². The Balaban J connectivity index is 1.06.